The van der Waals surface area contributed by atoms with E-state index in [-0.39, 0.29) is 30.6 Å². The van der Waals surface area contributed by atoms with Crippen molar-refractivity contribution in [2.45, 2.75) is 109 Å². The number of aryl methyl sites for hydroxylation is 2. The molecule has 0 saturated heterocycles. The molecule has 0 bridgehead atoms. The van der Waals surface area contributed by atoms with Crippen LogP contribution in [0.3, 0.4) is 0 Å². The largest absolute Gasteiger partial charge is 0.414 e. The van der Waals surface area contributed by atoms with Gasteiger partial charge in [0.25, 0.3) is 0 Å². The summed E-state index contributed by atoms with van der Waals surface area (Å²) in [7, 11) is 0. The third-order valence-electron chi connectivity index (χ3n) is 7.68. The van der Waals surface area contributed by atoms with E-state index in [9.17, 15) is 23.1 Å². The van der Waals surface area contributed by atoms with Crippen LogP contribution in [0.2, 0.25) is 0 Å². The van der Waals surface area contributed by atoms with Crippen LogP contribution >= 0.6 is 0 Å². The maximum atomic E-state index is 13.3. The van der Waals surface area contributed by atoms with Crippen LogP contribution in [0.1, 0.15) is 105 Å². The predicted octanol–water partition coefficient (Wildman–Crippen LogP) is 6.37. The molecule has 5 nitrogen and oxygen atoms in total. The summed E-state index contributed by atoms with van der Waals surface area (Å²) in [6.45, 7) is 8.33. The zero-order valence-electron chi connectivity index (χ0n) is 21.7. The highest BCUT2D eigenvalue weighted by atomic mass is 19.4. The Morgan fingerprint density at radius 2 is 1.86 bits per heavy atom. The molecule has 2 fully saturated rings. The fraction of sp³-hybridized carbons (Fsp3) is 0.679. The van der Waals surface area contributed by atoms with Gasteiger partial charge in [0.15, 0.2) is 6.10 Å². The summed E-state index contributed by atoms with van der Waals surface area (Å²) in [6.07, 6.45) is -2.74. The van der Waals surface area contributed by atoms with Gasteiger partial charge in [-0.1, -0.05) is 37.6 Å². The third-order valence-corrected chi connectivity index (χ3v) is 7.68. The van der Waals surface area contributed by atoms with Crippen molar-refractivity contribution < 1.29 is 23.1 Å². The van der Waals surface area contributed by atoms with E-state index in [1.54, 1.807) is 0 Å². The summed E-state index contributed by atoms with van der Waals surface area (Å²) >= 11 is 0. The lowest BCUT2D eigenvalue weighted by molar-refractivity contribution is -0.207. The Balaban J connectivity index is 1.56. The van der Waals surface area contributed by atoms with Gasteiger partial charge in [0.2, 0.25) is 0 Å². The fourth-order valence-electron chi connectivity index (χ4n) is 5.67. The Morgan fingerprint density at radius 1 is 1.17 bits per heavy atom. The standard InChI is InChI=1S/C28H38F3N3O2/c1-16(2)9-19-11-21(12-19)26-32-33-27(34(26)23-7-8-23)22(15-25(36)28(29,30)31)14-24(35)13-20-6-5-17(3)10-18(20)4/h5-6,10,16,19,21-23,25,36H,7-9,11-15H2,1-4H3/t19?,21?,22-,25?/m1/s1. The second kappa shape index (κ2) is 10.6. The predicted molar refractivity (Wildman–Crippen MR) is 132 cm³/mol. The number of Topliss-reactive ketones (excluding diaryl/α,β-unsaturated/α-hetero) is 1. The molecule has 198 valence electrons. The highest BCUT2D eigenvalue weighted by Gasteiger charge is 2.43. The molecule has 1 heterocycles. The number of halogens is 3. The first-order valence-corrected chi connectivity index (χ1v) is 13.2. The highest BCUT2D eigenvalue weighted by molar-refractivity contribution is 5.82. The summed E-state index contributed by atoms with van der Waals surface area (Å²) in [4.78, 5) is 13.1. The minimum atomic E-state index is -4.75. The first kappa shape index (κ1) is 26.8. The van der Waals surface area contributed by atoms with Crippen molar-refractivity contribution in [3.05, 3.63) is 46.5 Å². The summed E-state index contributed by atoms with van der Waals surface area (Å²) < 4.78 is 42.0. The molecular weight excluding hydrogens is 467 g/mol. The maximum absolute atomic E-state index is 13.3. The molecule has 0 amide bonds. The SMILES string of the molecule is Cc1ccc(CC(=O)C[C@H](CC(O)C(F)(F)F)c2nnc(C3CC(CC(C)C)C3)n2C2CC2)c(C)c1. The van der Waals surface area contributed by atoms with Gasteiger partial charge in [0.05, 0.1) is 0 Å². The second-order valence-corrected chi connectivity index (χ2v) is 11.5. The smallest absolute Gasteiger partial charge is 0.384 e. The number of hydrogen-bond donors (Lipinski definition) is 1. The van der Waals surface area contributed by atoms with Gasteiger partial charge in [-0.05, 0) is 75.3 Å². The van der Waals surface area contributed by atoms with Gasteiger partial charge in [-0.3, -0.25) is 4.79 Å². The topological polar surface area (TPSA) is 68.0 Å². The number of aliphatic hydroxyl groups is 1. The molecule has 36 heavy (non-hydrogen) atoms. The number of alkyl halides is 3. The van der Waals surface area contributed by atoms with Crippen LogP contribution in [-0.4, -0.2) is 37.9 Å². The Labute approximate surface area is 211 Å². The van der Waals surface area contributed by atoms with E-state index >= 15 is 0 Å². The molecule has 0 aliphatic heterocycles. The van der Waals surface area contributed by atoms with Crippen molar-refractivity contribution in [1.29, 1.82) is 0 Å². The fourth-order valence-corrected chi connectivity index (χ4v) is 5.67. The first-order chi connectivity index (χ1) is 16.9. The monoisotopic (exact) mass is 505 g/mol. The molecule has 2 aromatic rings. The molecule has 0 spiro atoms. The van der Waals surface area contributed by atoms with Crippen LogP contribution in [0.4, 0.5) is 13.2 Å². The maximum Gasteiger partial charge on any atom is 0.414 e. The van der Waals surface area contributed by atoms with Gasteiger partial charge < -0.3 is 9.67 Å². The molecule has 2 aliphatic rings. The van der Waals surface area contributed by atoms with Crippen molar-refractivity contribution in [2.24, 2.45) is 11.8 Å². The number of benzene rings is 1. The van der Waals surface area contributed by atoms with Crippen molar-refractivity contribution in [1.82, 2.24) is 14.8 Å². The zero-order chi connectivity index (χ0) is 26.2. The van der Waals surface area contributed by atoms with E-state index in [0.29, 0.717) is 17.7 Å². The highest BCUT2D eigenvalue weighted by Crippen LogP contribution is 2.48. The van der Waals surface area contributed by atoms with Gasteiger partial charge in [-0.25, -0.2) is 0 Å². The molecule has 2 aliphatic carbocycles. The van der Waals surface area contributed by atoms with Gasteiger partial charge in [-0.2, -0.15) is 13.2 Å². The van der Waals surface area contributed by atoms with Gasteiger partial charge >= 0.3 is 6.18 Å². The first-order valence-electron chi connectivity index (χ1n) is 13.2. The molecule has 2 saturated carbocycles. The number of carbonyl (C=O) groups is 1. The Kier molecular flexibility index (Phi) is 7.93. The summed E-state index contributed by atoms with van der Waals surface area (Å²) in [5, 5.41) is 18.8. The van der Waals surface area contributed by atoms with Crippen molar-refractivity contribution >= 4 is 5.78 Å². The summed E-state index contributed by atoms with van der Waals surface area (Å²) in [6, 6.07) is 6.00. The summed E-state index contributed by atoms with van der Waals surface area (Å²) in [5.74, 6) is 1.81. The van der Waals surface area contributed by atoms with Gasteiger partial charge in [0.1, 0.15) is 17.4 Å². The molecule has 8 heteroatoms. The number of carbonyl (C=O) groups excluding carboxylic acids is 1. The van der Waals surface area contributed by atoms with E-state index in [2.05, 4.69) is 24.0 Å². The normalized spacial score (nSPS) is 21.9. The Hall–Kier alpha value is -2.22. The average Bonchev–Trinajstić information content (AvgIpc) is 3.49. The summed E-state index contributed by atoms with van der Waals surface area (Å²) in [5.41, 5.74) is 2.95. The van der Waals surface area contributed by atoms with Gasteiger partial charge in [-0.15, -0.1) is 10.2 Å². The molecule has 0 radical (unpaired) electrons. The number of ketones is 1. The minimum absolute atomic E-state index is 0.105. The third kappa shape index (κ3) is 6.36. The molecule has 4 rings (SSSR count). The number of nitrogens with zero attached hydrogens (tertiary/aromatic N) is 3. The lowest BCUT2D eigenvalue weighted by atomic mass is 9.71. The van der Waals surface area contributed by atoms with E-state index in [1.807, 2.05) is 36.6 Å². The number of hydrogen-bond acceptors (Lipinski definition) is 4. The number of aromatic nitrogens is 3. The quantitative estimate of drug-likeness (QED) is 0.385. The van der Waals surface area contributed by atoms with Crippen LogP contribution in [-0.2, 0) is 11.2 Å². The van der Waals surface area contributed by atoms with Gasteiger partial charge in [0, 0.05) is 30.7 Å². The zero-order valence-corrected chi connectivity index (χ0v) is 21.7. The molecule has 1 aromatic carbocycles. The van der Waals surface area contributed by atoms with E-state index in [0.717, 1.165) is 54.6 Å². The van der Waals surface area contributed by atoms with E-state index in [1.165, 1.54) is 0 Å². The van der Waals surface area contributed by atoms with E-state index in [4.69, 9.17) is 0 Å². The molecule has 1 unspecified atom stereocenters. The van der Waals surface area contributed by atoms with Crippen LogP contribution in [0.15, 0.2) is 18.2 Å². The Morgan fingerprint density at radius 3 is 2.44 bits per heavy atom. The van der Waals surface area contributed by atoms with Crippen molar-refractivity contribution in [3.63, 3.8) is 0 Å². The van der Waals surface area contributed by atoms with Crippen LogP contribution in [0.25, 0.3) is 0 Å². The van der Waals surface area contributed by atoms with Crippen LogP contribution in [0.5, 0.6) is 0 Å². The number of rotatable bonds is 11. The minimum Gasteiger partial charge on any atom is -0.384 e. The second-order valence-electron chi connectivity index (χ2n) is 11.5. The van der Waals surface area contributed by atoms with Crippen molar-refractivity contribution in [3.8, 4) is 0 Å². The van der Waals surface area contributed by atoms with Crippen LogP contribution in [0, 0.1) is 25.7 Å². The lowest BCUT2D eigenvalue weighted by Crippen LogP contribution is -2.32. The van der Waals surface area contributed by atoms with Crippen LogP contribution < -0.4 is 0 Å². The average molecular weight is 506 g/mol. The molecular formula is C28H38F3N3O2. The number of aliphatic hydroxyl groups excluding tert-OH is 1. The Bertz CT molecular complexity index is 1070. The molecule has 1 N–H and O–H groups in total. The van der Waals surface area contributed by atoms with E-state index < -0.39 is 24.6 Å². The molecule has 1 aromatic heterocycles. The lowest BCUT2D eigenvalue weighted by Gasteiger charge is -2.36. The molecule has 2 atom stereocenters. The van der Waals surface area contributed by atoms with Crippen molar-refractivity contribution in [2.75, 3.05) is 0 Å².